The van der Waals surface area contributed by atoms with Gasteiger partial charge in [0.2, 0.25) is 0 Å². The van der Waals surface area contributed by atoms with E-state index >= 15 is 0 Å². The molecule has 2 N–H and O–H groups in total. The zero-order valence-electron chi connectivity index (χ0n) is 11.0. The average Bonchev–Trinajstić information content (AvgIpc) is 2.35. The second kappa shape index (κ2) is 6.58. The number of hydrogen-bond donors (Lipinski definition) is 2. The molecule has 1 rings (SSSR count). The van der Waals surface area contributed by atoms with E-state index < -0.39 is 12.5 Å². The van der Waals surface area contributed by atoms with Crippen molar-refractivity contribution < 1.29 is 10.0 Å². The van der Waals surface area contributed by atoms with Crippen LogP contribution >= 0.6 is 0 Å². The molecule has 3 nitrogen and oxygen atoms in total. The Kier molecular flexibility index (Phi) is 5.39. The maximum absolute atomic E-state index is 9.59. The van der Waals surface area contributed by atoms with Crippen molar-refractivity contribution in [3.8, 4) is 6.07 Å². The first-order valence-corrected chi connectivity index (χ1v) is 6.36. The first kappa shape index (κ1) is 14.8. The van der Waals surface area contributed by atoms with Crippen LogP contribution in [0.25, 0.3) is 0 Å². The van der Waals surface area contributed by atoms with Crippen molar-refractivity contribution in [1.29, 1.82) is 5.26 Å². The van der Waals surface area contributed by atoms with Gasteiger partial charge in [0.05, 0.1) is 11.5 Å². The van der Waals surface area contributed by atoms with E-state index in [9.17, 15) is 5.26 Å². The summed E-state index contributed by atoms with van der Waals surface area (Å²) in [5, 5.41) is 27.4. The van der Waals surface area contributed by atoms with Gasteiger partial charge in [0.15, 0.2) is 0 Å². The maximum atomic E-state index is 9.59. The summed E-state index contributed by atoms with van der Waals surface area (Å²) in [4.78, 5) is 0. The second-order valence-corrected chi connectivity index (χ2v) is 4.98. The molecule has 96 valence electrons. The van der Waals surface area contributed by atoms with Crippen LogP contribution in [-0.4, -0.2) is 17.2 Å². The number of benzene rings is 1. The molecule has 1 aromatic carbocycles. The fourth-order valence-corrected chi connectivity index (χ4v) is 2.31. The molecule has 0 radical (unpaired) electrons. The molecule has 0 spiro atoms. The Morgan fingerprint density at radius 2 is 1.89 bits per heavy atom. The lowest BCUT2D eigenvalue weighted by Gasteiger charge is -2.31. The topological polar surface area (TPSA) is 64.2 Å². The standard InChI is InChI=1S/C14H20BNO2/c1-12(2)14(11-16,9-6-10-15(17)18)13-7-4-3-5-8-13/h3-5,7-8,12,17-18H,6,9-10H2,1-2H3. The van der Waals surface area contributed by atoms with Gasteiger partial charge in [-0.2, -0.15) is 5.26 Å². The highest BCUT2D eigenvalue weighted by Gasteiger charge is 2.35. The number of nitriles is 1. The molecule has 0 heterocycles. The van der Waals surface area contributed by atoms with Crippen molar-refractivity contribution >= 4 is 7.12 Å². The predicted octanol–water partition coefficient (Wildman–Crippen LogP) is 2.36. The van der Waals surface area contributed by atoms with Gasteiger partial charge in [-0.3, -0.25) is 0 Å². The summed E-state index contributed by atoms with van der Waals surface area (Å²) in [6, 6.07) is 12.2. The number of rotatable bonds is 6. The molecule has 4 heteroatoms. The Morgan fingerprint density at radius 3 is 2.33 bits per heavy atom. The molecule has 0 saturated carbocycles. The molecule has 0 aliphatic carbocycles. The quantitative estimate of drug-likeness (QED) is 0.756. The molecule has 0 aromatic heterocycles. The van der Waals surface area contributed by atoms with E-state index in [1.165, 1.54) is 0 Å². The van der Waals surface area contributed by atoms with E-state index in [2.05, 4.69) is 6.07 Å². The average molecular weight is 245 g/mol. The molecular weight excluding hydrogens is 225 g/mol. The van der Waals surface area contributed by atoms with Gasteiger partial charge in [-0.1, -0.05) is 50.6 Å². The summed E-state index contributed by atoms with van der Waals surface area (Å²) in [5.41, 5.74) is 0.464. The van der Waals surface area contributed by atoms with Gasteiger partial charge in [-0.15, -0.1) is 0 Å². The predicted molar refractivity (Wildman–Crippen MR) is 72.8 cm³/mol. The lowest BCUT2D eigenvalue weighted by atomic mass is 9.68. The fourth-order valence-electron chi connectivity index (χ4n) is 2.31. The molecule has 1 atom stereocenters. The Balaban J connectivity index is 2.93. The largest absolute Gasteiger partial charge is 0.451 e. The Bertz CT molecular complexity index is 400. The van der Waals surface area contributed by atoms with E-state index in [0.717, 1.165) is 5.56 Å². The highest BCUT2D eigenvalue weighted by Crippen LogP contribution is 2.36. The van der Waals surface area contributed by atoms with Gasteiger partial charge in [0.1, 0.15) is 0 Å². The van der Waals surface area contributed by atoms with Crippen LogP contribution in [-0.2, 0) is 5.41 Å². The smallest absolute Gasteiger partial charge is 0.427 e. The van der Waals surface area contributed by atoms with Crippen molar-refractivity contribution in [1.82, 2.24) is 0 Å². The van der Waals surface area contributed by atoms with Crippen LogP contribution in [0.2, 0.25) is 6.32 Å². The van der Waals surface area contributed by atoms with Gasteiger partial charge in [0.25, 0.3) is 0 Å². The molecule has 1 unspecified atom stereocenters. The van der Waals surface area contributed by atoms with Gasteiger partial charge in [0, 0.05) is 0 Å². The summed E-state index contributed by atoms with van der Waals surface area (Å²) in [5.74, 6) is 0.181. The van der Waals surface area contributed by atoms with Crippen LogP contribution in [0.5, 0.6) is 0 Å². The van der Waals surface area contributed by atoms with Crippen LogP contribution < -0.4 is 0 Å². The first-order chi connectivity index (χ1) is 8.53. The number of hydrogen-bond acceptors (Lipinski definition) is 3. The van der Waals surface area contributed by atoms with Gasteiger partial charge in [-0.05, 0) is 24.2 Å². The van der Waals surface area contributed by atoms with E-state index in [4.69, 9.17) is 10.0 Å². The molecule has 0 fully saturated rings. The van der Waals surface area contributed by atoms with E-state index in [1.54, 1.807) is 0 Å². The van der Waals surface area contributed by atoms with Crippen LogP contribution in [0.15, 0.2) is 30.3 Å². The summed E-state index contributed by atoms with van der Waals surface area (Å²) < 4.78 is 0. The van der Waals surface area contributed by atoms with Crippen molar-refractivity contribution in [2.75, 3.05) is 0 Å². The summed E-state index contributed by atoms with van der Waals surface area (Å²) >= 11 is 0. The minimum atomic E-state index is -1.29. The summed E-state index contributed by atoms with van der Waals surface area (Å²) in [6.45, 7) is 4.07. The maximum Gasteiger partial charge on any atom is 0.451 e. The molecule has 0 aliphatic heterocycles. The van der Waals surface area contributed by atoms with E-state index in [1.807, 2.05) is 44.2 Å². The fraction of sp³-hybridized carbons (Fsp3) is 0.500. The normalized spacial score (nSPS) is 14.0. The molecule has 0 aliphatic rings. The molecule has 0 bridgehead atoms. The molecule has 1 aromatic rings. The van der Waals surface area contributed by atoms with E-state index in [-0.39, 0.29) is 5.92 Å². The zero-order chi connectivity index (χ0) is 13.6. The highest BCUT2D eigenvalue weighted by molar-refractivity contribution is 6.40. The molecule has 18 heavy (non-hydrogen) atoms. The summed E-state index contributed by atoms with van der Waals surface area (Å²) in [6.07, 6.45) is 1.57. The lowest BCUT2D eigenvalue weighted by molar-refractivity contribution is 0.353. The van der Waals surface area contributed by atoms with Crippen LogP contribution in [0, 0.1) is 17.2 Å². The van der Waals surface area contributed by atoms with Crippen molar-refractivity contribution in [2.24, 2.45) is 5.92 Å². The van der Waals surface area contributed by atoms with Crippen molar-refractivity contribution in [3.63, 3.8) is 0 Å². The van der Waals surface area contributed by atoms with Crippen molar-refractivity contribution in [2.45, 2.75) is 38.4 Å². The Hall–Kier alpha value is -1.31. The highest BCUT2D eigenvalue weighted by atomic mass is 16.4. The Morgan fingerprint density at radius 1 is 1.28 bits per heavy atom. The molecule has 0 amide bonds. The minimum absolute atomic E-state index is 0.181. The molecule has 0 saturated heterocycles. The number of nitrogens with zero attached hydrogens (tertiary/aromatic N) is 1. The minimum Gasteiger partial charge on any atom is -0.427 e. The molecular formula is C14H20BNO2. The third-order valence-corrected chi connectivity index (χ3v) is 3.51. The second-order valence-electron chi connectivity index (χ2n) is 4.98. The SMILES string of the molecule is CC(C)C(C#N)(CCCB(O)O)c1ccccc1. The van der Waals surface area contributed by atoms with Gasteiger partial charge < -0.3 is 10.0 Å². The zero-order valence-corrected chi connectivity index (χ0v) is 11.0. The lowest BCUT2D eigenvalue weighted by Crippen LogP contribution is -2.31. The van der Waals surface area contributed by atoms with Crippen LogP contribution in [0.4, 0.5) is 0 Å². The van der Waals surface area contributed by atoms with Crippen molar-refractivity contribution in [3.05, 3.63) is 35.9 Å². The third-order valence-electron chi connectivity index (χ3n) is 3.51. The van der Waals surface area contributed by atoms with E-state index in [0.29, 0.717) is 19.2 Å². The monoisotopic (exact) mass is 245 g/mol. The van der Waals surface area contributed by atoms with Crippen LogP contribution in [0.3, 0.4) is 0 Å². The Labute approximate surface area is 109 Å². The van der Waals surface area contributed by atoms with Crippen LogP contribution in [0.1, 0.15) is 32.3 Å². The summed E-state index contributed by atoms with van der Waals surface area (Å²) in [7, 11) is -1.29. The van der Waals surface area contributed by atoms with Gasteiger partial charge >= 0.3 is 7.12 Å². The first-order valence-electron chi connectivity index (χ1n) is 6.36. The third kappa shape index (κ3) is 3.35. The van der Waals surface area contributed by atoms with Gasteiger partial charge in [-0.25, -0.2) is 0 Å².